The van der Waals surface area contributed by atoms with Crippen LogP contribution in [0.3, 0.4) is 0 Å². The summed E-state index contributed by atoms with van der Waals surface area (Å²) in [4.78, 5) is 30.0. The molecular formula is C17H18N2O2. The Labute approximate surface area is 123 Å². The number of aromatic nitrogens is 1. The number of imide groups is 1. The van der Waals surface area contributed by atoms with Gasteiger partial charge in [-0.2, -0.15) is 0 Å². The van der Waals surface area contributed by atoms with Gasteiger partial charge in [0.15, 0.2) is 0 Å². The highest BCUT2D eigenvalue weighted by molar-refractivity contribution is 6.18. The SMILES string of the molecule is CC(=O)N(C(C)=O)c1c2c(nc3ccccc13)CCCC2. The van der Waals surface area contributed by atoms with Crippen LogP contribution in [0, 0.1) is 0 Å². The van der Waals surface area contributed by atoms with Crippen LogP contribution in [-0.2, 0) is 22.4 Å². The Bertz CT molecular complexity index is 723. The number of para-hydroxylation sites is 1. The molecular weight excluding hydrogens is 264 g/mol. The molecule has 0 radical (unpaired) electrons. The monoisotopic (exact) mass is 282 g/mol. The van der Waals surface area contributed by atoms with E-state index in [9.17, 15) is 9.59 Å². The number of aryl methyl sites for hydroxylation is 1. The standard InChI is InChI=1S/C17H18N2O2/c1-11(20)19(12(2)21)17-13-7-3-5-9-15(13)18-16-10-6-4-8-14(16)17/h3,5,7,9H,4,6,8,10H2,1-2H3. The van der Waals surface area contributed by atoms with Crippen molar-refractivity contribution in [3.8, 4) is 0 Å². The van der Waals surface area contributed by atoms with E-state index in [4.69, 9.17) is 4.98 Å². The third-order valence-corrected chi connectivity index (χ3v) is 3.99. The van der Waals surface area contributed by atoms with Crippen molar-refractivity contribution in [3.63, 3.8) is 0 Å². The molecule has 108 valence electrons. The fraction of sp³-hybridized carbons (Fsp3) is 0.353. The minimum Gasteiger partial charge on any atom is -0.274 e. The van der Waals surface area contributed by atoms with Crippen LogP contribution in [-0.4, -0.2) is 16.8 Å². The lowest BCUT2D eigenvalue weighted by Gasteiger charge is -2.26. The Morgan fingerprint density at radius 1 is 1.05 bits per heavy atom. The number of amides is 2. The average Bonchev–Trinajstić information content (AvgIpc) is 2.46. The number of fused-ring (bicyclic) bond motifs is 2. The van der Waals surface area contributed by atoms with Crippen LogP contribution < -0.4 is 4.90 Å². The van der Waals surface area contributed by atoms with Crippen LogP contribution >= 0.6 is 0 Å². The van der Waals surface area contributed by atoms with Gasteiger partial charge in [-0.05, 0) is 37.3 Å². The number of pyridine rings is 1. The smallest absolute Gasteiger partial charge is 0.230 e. The Balaban J connectivity index is 2.37. The van der Waals surface area contributed by atoms with Crippen molar-refractivity contribution in [2.45, 2.75) is 39.5 Å². The molecule has 0 aliphatic heterocycles. The number of hydrogen-bond acceptors (Lipinski definition) is 3. The van der Waals surface area contributed by atoms with Crippen molar-refractivity contribution >= 4 is 28.4 Å². The van der Waals surface area contributed by atoms with Crippen molar-refractivity contribution in [1.82, 2.24) is 4.98 Å². The minimum atomic E-state index is -0.244. The molecule has 0 bridgehead atoms. The first-order valence-corrected chi connectivity index (χ1v) is 7.31. The van der Waals surface area contributed by atoms with Crippen LogP contribution in [0.1, 0.15) is 37.9 Å². The van der Waals surface area contributed by atoms with Crippen molar-refractivity contribution in [1.29, 1.82) is 0 Å². The predicted octanol–water partition coefficient (Wildman–Crippen LogP) is 3.01. The lowest BCUT2D eigenvalue weighted by molar-refractivity contribution is -0.124. The summed E-state index contributed by atoms with van der Waals surface area (Å²) in [5.41, 5.74) is 3.68. The van der Waals surface area contributed by atoms with E-state index in [0.717, 1.165) is 53.5 Å². The lowest BCUT2D eigenvalue weighted by atomic mass is 9.92. The molecule has 0 unspecified atom stereocenters. The van der Waals surface area contributed by atoms with Crippen LogP contribution in [0.15, 0.2) is 24.3 Å². The third kappa shape index (κ3) is 2.31. The molecule has 4 nitrogen and oxygen atoms in total. The average molecular weight is 282 g/mol. The van der Waals surface area contributed by atoms with E-state index < -0.39 is 0 Å². The number of rotatable bonds is 1. The molecule has 1 aliphatic rings. The summed E-state index contributed by atoms with van der Waals surface area (Å²) >= 11 is 0. The van der Waals surface area contributed by atoms with E-state index in [1.54, 1.807) is 0 Å². The first-order chi connectivity index (χ1) is 10.1. The summed E-state index contributed by atoms with van der Waals surface area (Å²) in [5.74, 6) is -0.488. The highest BCUT2D eigenvalue weighted by atomic mass is 16.2. The predicted molar refractivity (Wildman–Crippen MR) is 82.2 cm³/mol. The summed E-state index contributed by atoms with van der Waals surface area (Å²) in [6.07, 6.45) is 3.97. The zero-order chi connectivity index (χ0) is 15.0. The van der Waals surface area contributed by atoms with Gasteiger partial charge < -0.3 is 0 Å². The number of hydrogen-bond donors (Lipinski definition) is 0. The van der Waals surface area contributed by atoms with Crippen LogP contribution in [0.25, 0.3) is 10.9 Å². The molecule has 0 saturated carbocycles. The highest BCUT2D eigenvalue weighted by Gasteiger charge is 2.26. The van der Waals surface area contributed by atoms with Gasteiger partial charge in [-0.1, -0.05) is 18.2 Å². The fourth-order valence-electron chi connectivity index (χ4n) is 3.14. The Hall–Kier alpha value is -2.23. The topological polar surface area (TPSA) is 50.3 Å². The number of nitrogens with zero attached hydrogens (tertiary/aromatic N) is 2. The van der Waals surface area contributed by atoms with Gasteiger partial charge in [0, 0.05) is 24.9 Å². The molecule has 2 aromatic rings. The van der Waals surface area contributed by atoms with Gasteiger partial charge in [-0.3, -0.25) is 19.5 Å². The van der Waals surface area contributed by atoms with E-state index >= 15 is 0 Å². The number of anilines is 1. The zero-order valence-electron chi connectivity index (χ0n) is 12.3. The maximum absolute atomic E-state index is 12.0. The highest BCUT2D eigenvalue weighted by Crippen LogP contribution is 2.36. The molecule has 2 amide bonds. The van der Waals surface area contributed by atoms with Gasteiger partial charge in [0.25, 0.3) is 0 Å². The van der Waals surface area contributed by atoms with Gasteiger partial charge >= 0.3 is 0 Å². The second kappa shape index (κ2) is 5.28. The number of carbonyl (C=O) groups excluding carboxylic acids is 2. The van der Waals surface area contributed by atoms with Gasteiger partial charge in [-0.15, -0.1) is 0 Å². The molecule has 0 fully saturated rings. The summed E-state index contributed by atoms with van der Waals surface area (Å²) in [7, 11) is 0. The normalized spacial score (nSPS) is 13.8. The Morgan fingerprint density at radius 2 is 1.71 bits per heavy atom. The second-order valence-electron chi connectivity index (χ2n) is 5.48. The largest absolute Gasteiger partial charge is 0.274 e. The molecule has 1 heterocycles. The maximum atomic E-state index is 12.0. The zero-order valence-corrected chi connectivity index (χ0v) is 12.3. The van der Waals surface area contributed by atoms with Crippen molar-refractivity contribution < 1.29 is 9.59 Å². The minimum absolute atomic E-state index is 0.244. The van der Waals surface area contributed by atoms with Crippen molar-refractivity contribution in [3.05, 3.63) is 35.5 Å². The van der Waals surface area contributed by atoms with Crippen LogP contribution in [0.2, 0.25) is 0 Å². The summed E-state index contributed by atoms with van der Waals surface area (Å²) < 4.78 is 0. The molecule has 1 aromatic heterocycles. The second-order valence-corrected chi connectivity index (χ2v) is 5.48. The molecule has 1 aromatic carbocycles. The number of benzene rings is 1. The molecule has 3 rings (SSSR count). The molecule has 4 heteroatoms. The first-order valence-electron chi connectivity index (χ1n) is 7.31. The number of carbonyl (C=O) groups is 2. The summed E-state index contributed by atoms with van der Waals surface area (Å²) in [6, 6.07) is 7.72. The van der Waals surface area contributed by atoms with E-state index in [0.29, 0.717) is 0 Å². The molecule has 1 aliphatic carbocycles. The molecule has 0 saturated heterocycles. The van der Waals surface area contributed by atoms with Gasteiger partial charge in [0.2, 0.25) is 11.8 Å². The van der Waals surface area contributed by atoms with Gasteiger partial charge in [0.1, 0.15) is 0 Å². The van der Waals surface area contributed by atoms with E-state index in [-0.39, 0.29) is 11.8 Å². The van der Waals surface area contributed by atoms with Crippen molar-refractivity contribution in [2.24, 2.45) is 0 Å². The van der Waals surface area contributed by atoms with Crippen LogP contribution in [0.5, 0.6) is 0 Å². The fourth-order valence-corrected chi connectivity index (χ4v) is 3.14. The van der Waals surface area contributed by atoms with E-state index in [1.807, 2.05) is 24.3 Å². The van der Waals surface area contributed by atoms with E-state index in [2.05, 4.69) is 0 Å². The van der Waals surface area contributed by atoms with Gasteiger partial charge in [0.05, 0.1) is 11.2 Å². The quantitative estimate of drug-likeness (QED) is 0.808. The Kier molecular flexibility index (Phi) is 3.45. The molecule has 0 spiro atoms. The third-order valence-electron chi connectivity index (χ3n) is 3.99. The summed E-state index contributed by atoms with van der Waals surface area (Å²) in [5, 5.41) is 0.878. The van der Waals surface area contributed by atoms with Gasteiger partial charge in [-0.25, -0.2) is 0 Å². The first kappa shape index (κ1) is 13.7. The maximum Gasteiger partial charge on any atom is 0.230 e. The molecule has 0 N–H and O–H groups in total. The molecule has 0 atom stereocenters. The van der Waals surface area contributed by atoms with E-state index in [1.165, 1.54) is 18.7 Å². The lowest BCUT2D eigenvalue weighted by Crippen LogP contribution is -2.34. The Morgan fingerprint density at radius 3 is 2.43 bits per heavy atom. The summed E-state index contributed by atoms with van der Waals surface area (Å²) in [6.45, 7) is 2.87. The van der Waals surface area contributed by atoms with Crippen LogP contribution in [0.4, 0.5) is 5.69 Å². The van der Waals surface area contributed by atoms with Crippen molar-refractivity contribution in [2.75, 3.05) is 4.90 Å². The molecule has 21 heavy (non-hydrogen) atoms.